The Morgan fingerprint density at radius 1 is 1.35 bits per heavy atom. The second kappa shape index (κ2) is 7.63. The number of hydrogen-bond acceptors (Lipinski definition) is 7. The first-order valence-electron chi connectivity index (χ1n) is 4.10. The maximum atomic E-state index is 10.5. The molecule has 0 bridgehead atoms. The van der Waals surface area contributed by atoms with Crippen molar-refractivity contribution in [3.63, 3.8) is 0 Å². The van der Waals surface area contributed by atoms with Gasteiger partial charge in [-0.3, -0.25) is 5.01 Å². The zero-order valence-corrected chi connectivity index (χ0v) is 14.3. The first-order valence-corrected chi connectivity index (χ1v) is 4.57. The number of carbonyl (C=O) groups excluding carboxylic acids is 1. The van der Waals surface area contributed by atoms with Crippen molar-refractivity contribution >= 4 is 24.3 Å². The molecule has 1 atom stereocenters. The monoisotopic (exact) mass is 268 g/mol. The maximum Gasteiger partial charge on any atom is 1.00 e. The molecule has 0 aromatic heterocycles. The van der Waals surface area contributed by atoms with Gasteiger partial charge in [-0.1, -0.05) is 17.4 Å². The van der Waals surface area contributed by atoms with Gasteiger partial charge in [0, 0.05) is 5.50 Å². The Labute approximate surface area is 148 Å². The molecule has 78 valence electrons. The van der Waals surface area contributed by atoms with Gasteiger partial charge in [0.15, 0.2) is 0 Å². The molecule has 1 aliphatic heterocycles. The van der Waals surface area contributed by atoms with Gasteiger partial charge in [0.25, 0.3) is 0 Å². The van der Waals surface area contributed by atoms with Crippen molar-refractivity contribution in [2.45, 2.75) is 5.50 Å². The molecule has 1 N–H and O–H groups in total. The minimum absolute atomic E-state index is 0. The number of carboxylic acid groups (broad SMARTS) is 1. The summed E-state index contributed by atoms with van der Waals surface area (Å²) in [6.45, 7) is 0. The third-order valence-electron chi connectivity index (χ3n) is 1.91. The Morgan fingerprint density at radius 3 is 2.35 bits per heavy atom. The Morgan fingerprint density at radius 2 is 1.94 bits per heavy atom. The number of rotatable bonds is 2. The van der Waals surface area contributed by atoms with E-state index in [0.29, 0.717) is 5.69 Å². The molecule has 6 nitrogen and oxygen atoms in total. The smallest absolute Gasteiger partial charge is 0.740 e. The number of carboxylic acids is 1. The second-order valence-electron chi connectivity index (χ2n) is 2.85. The summed E-state index contributed by atoms with van der Waals surface area (Å²) in [5, 5.41) is 19.3. The fraction of sp³-hybridized carbons (Fsp3) is 0.125. The molecule has 1 heterocycles. The van der Waals surface area contributed by atoms with Crippen molar-refractivity contribution in [2.24, 2.45) is 10.3 Å². The van der Waals surface area contributed by atoms with Crippen molar-refractivity contribution in [3.05, 3.63) is 29.8 Å². The maximum absolute atomic E-state index is 10.5. The minimum atomic E-state index is -1.21. The van der Waals surface area contributed by atoms with Crippen LogP contribution < -0.4 is 74.8 Å². The molecule has 1 aromatic carbocycles. The van der Waals surface area contributed by atoms with Crippen LogP contribution in [0.4, 0.5) is 5.69 Å². The summed E-state index contributed by atoms with van der Waals surface area (Å²) in [6, 6.07) is 6.08. The zero-order chi connectivity index (χ0) is 10.8. The predicted molar refractivity (Wildman–Crippen MR) is 52.4 cm³/mol. The van der Waals surface area contributed by atoms with E-state index >= 15 is 0 Å². The first kappa shape index (κ1) is 17.2. The van der Waals surface area contributed by atoms with Gasteiger partial charge in [0.1, 0.15) is 0 Å². The summed E-state index contributed by atoms with van der Waals surface area (Å²) >= 11 is 4.96. The fourth-order valence-corrected chi connectivity index (χ4v) is 1.38. The summed E-state index contributed by atoms with van der Waals surface area (Å²) < 4.78 is 0. The van der Waals surface area contributed by atoms with Crippen molar-refractivity contribution in [3.8, 4) is 0 Å². The molecular formula is C8H6N4Na2O2S. The van der Waals surface area contributed by atoms with Crippen molar-refractivity contribution in [2.75, 3.05) is 5.01 Å². The van der Waals surface area contributed by atoms with Gasteiger partial charge in [-0.2, -0.15) is 10.6 Å². The number of aromatic carboxylic acids is 1. The largest absolute Gasteiger partial charge is 1.00 e. The molecule has 0 fully saturated rings. The van der Waals surface area contributed by atoms with Crippen molar-refractivity contribution < 1.29 is 69.0 Å². The van der Waals surface area contributed by atoms with Crippen LogP contribution in [0.5, 0.6) is 0 Å². The fourth-order valence-electron chi connectivity index (χ4n) is 1.17. The molecule has 17 heavy (non-hydrogen) atoms. The molecule has 1 aliphatic rings. The van der Waals surface area contributed by atoms with E-state index in [-0.39, 0.29) is 64.7 Å². The number of hydrazine groups is 1. The van der Waals surface area contributed by atoms with Gasteiger partial charge in [-0.05, 0) is 17.7 Å². The van der Waals surface area contributed by atoms with Crippen LogP contribution in [-0.4, -0.2) is 11.5 Å². The van der Waals surface area contributed by atoms with Crippen LogP contribution in [0.15, 0.2) is 34.6 Å². The van der Waals surface area contributed by atoms with Gasteiger partial charge >= 0.3 is 59.1 Å². The Balaban J connectivity index is 0.00000128. The zero-order valence-electron chi connectivity index (χ0n) is 9.45. The standard InChI is InChI=1S/C8H8N4O2S.2Na/c13-7(14)5-1-3-6(4-2-5)12-8(15)9-10-11-12;;/h1-4,8,15H,(H,9,11)(H,13,14);;/q;2*+1/p-2. The van der Waals surface area contributed by atoms with E-state index in [1.165, 1.54) is 17.1 Å². The van der Waals surface area contributed by atoms with E-state index in [1.807, 2.05) is 0 Å². The molecule has 0 saturated carbocycles. The topological polar surface area (TPSA) is 80.1 Å². The van der Waals surface area contributed by atoms with Crippen molar-refractivity contribution in [1.29, 1.82) is 0 Å². The van der Waals surface area contributed by atoms with E-state index in [1.54, 1.807) is 12.1 Å². The average molecular weight is 268 g/mol. The van der Waals surface area contributed by atoms with Gasteiger partial charge in [-0.15, -0.1) is 0 Å². The van der Waals surface area contributed by atoms with Crippen LogP contribution >= 0.6 is 0 Å². The summed E-state index contributed by atoms with van der Waals surface area (Å²) in [5.74, 6) is -1.21. The van der Waals surface area contributed by atoms with Gasteiger partial charge in [-0.25, -0.2) is 0 Å². The van der Waals surface area contributed by atoms with Gasteiger partial charge < -0.3 is 22.5 Å². The van der Waals surface area contributed by atoms with Gasteiger partial charge in [0.05, 0.1) is 11.7 Å². The SMILES string of the molecule is O=C([O-])c1ccc(N2NN=NC2[S-])cc1.[Na+].[Na+]. The van der Waals surface area contributed by atoms with Crippen LogP contribution in [0.2, 0.25) is 0 Å². The minimum Gasteiger partial charge on any atom is -0.740 e. The normalized spacial score (nSPS) is 16.8. The summed E-state index contributed by atoms with van der Waals surface area (Å²) in [5.41, 5.74) is 2.90. The van der Waals surface area contributed by atoms with Crippen LogP contribution in [0, 0.1) is 0 Å². The number of nitrogens with zero attached hydrogens (tertiary/aromatic N) is 3. The Bertz CT molecular complexity index is 414. The predicted octanol–water partition coefficient (Wildman–Crippen LogP) is -6.42. The number of hydrogen-bond donors (Lipinski definition) is 1. The van der Waals surface area contributed by atoms with E-state index in [4.69, 9.17) is 12.6 Å². The molecule has 1 aromatic rings. The molecule has 0 saturated heterocycles. The summed E-state index contributed by atoms with van der Waals surface area (Å²) in [6.07, 6.45) is 0. The number of benzene rings is 1. The third kappa shape index (κ3) is 4.13. The number of anilines is 1. The Hall–Kier alpha value is 0.240. The molecule has 0 radical (unpaired) electrons. The number of carbonyl (C=O) groups is 1. The molecule has 0 spiro atoms. The number of nitrogens with one attached hydrogen (secondary N) is 1. The quantitative estimate of drug-likeness (QED) is 0.426. The third-order valence-corrected chi connectivity index (χ3v) is 2.22. The van der Waals surface area contributed by atoms with Crippen LogP contribution in [-0.2, 0) is 12.6 Å². The van der Waals surface area contributed by atoms with Crippen LogP contribution in [0.1, 0.15) is 10.4 Å². The first-order chi connectivity index (χ1) is 7.18. The average Bonchev–Trinajstić information content (AvgIpc) is 2.65. The van der Waals surface area contributed by atoms with E-state index in [0.717, 1.165) is 0 Å². The van der Waals surface area contributed by atoms with E-state index in [9.17, 15) is 9.90 Å². The van der Waals surface area contributed by atoms with E-state index < -0.39 is 11.5 Å². The molecule has 0 aliphatic carbocycles. The van der Waals surface area contributed by atoms with Crippen LogP contribution in [0.3, 0.4) is 0 Å². The molecule has 1 unspecified atom stereocenters. The Kier molecular flexibility index (Phi) is 7.73. The van der Waals surface area contributed by atoms with Gasteiger partial charge in [0.2, 0.25) is 0 Å². The summed E-state index contributed by atoms with van der Waals surface area (Å²) in [7, 11) is 0. The molecule has 0 amide bonds. The molecule has 9 heteroatoms. The second-order valence-corrected chi connectivity index (χ2v) is 3.27. The molecular weight excluding hydrogens is 262 g/mol. The van der Waals surface area contributed by atoms with E-state index in [2.05, 4.69) is 15.9 Å². The van der Waals surface area contributed by atoms with Crippen LogP contribution in [0.25, 0.3) is 0 Å². The summed E-state index contributed by atoms with van der Waals surface area (Å²) in [4.78, 5) is 10.5. The van der Waals surface area contributed by atoms with Crippen molar-refractivity contribution in [1.82, 2.24) is 5.53 Å². The molecule has 2 rings (SSSR count).